The van der Waals surface area contributed by atoms with Crippen molar-refractivity contribution in [3.05, 3.63) is 41.0 Å². The summed E-state index contributed by atoms with van der Waals surface area (Å²) in [5.74, 6) is -0.0404. The molecule has 2 rings (SSSR count). The number of nitrogens with one attached hydrogen (secondary N) is 1. The number of aldehydes is 1. The third-order valence-corrected chi connectivity index (χ3v) is 2.19. The largest absolute Gasteiger partial charge is 0.348 e. The Hall–Kier alpha value is -1.90. The molecule has 0 aromatic heterocycles. The van der Waals surface area contributed by atoms with E-state index < -0.39 is 0 Å². The summed E-state index contributed by atoms with van der Waals surface area (Å²) in [6.07, 6.45) is 3.81. The molecule has 0 unspecified atom stereocenters. The fourth-order valence-corrected chi connectivity index (χ4v) is 1.48. The lowest BCUT2D eigenvalue weighted by atomic mass is 10.1. The number of amides is 1. The van der Waals surface area contributed by atoms with Crippen molar-refractivity contribution in [2.75, 3.05) is 0 Å². The van der Waals surface area contributed by atoms with Crippen LogP contribution in [0.15, 0.2) is 24.3 Å². The van der Waals surface area contributed by atoms with E-state index in [4.69, 9.17) is 0 Å². The molecule has 0 bridgehead atoms. The van der Waals surface area contributed by atoms with E-state index in [9.17, 15) is 9.59 Å². The van der Waals surface area contributed by atoms with Gasteiger partial charge in [-0.2, -0.15) is 0 Å². The van der Waals surface area contributed by atoms with Crippen molar-refractivity contribution in [1.82, 2.24) is 5.32 Å². The van der Waals surface area contributed by atoms with E-state index in [0.29, 0.717) is 18.4 Å². The maximum absolute atomic E-state index is 11.3. The third-order valence-electron chi connectivity index (χ3n) is 2.19. The minimum atomic E-state index is -0.0404. The SMILES string of the molecule is O=CC=Cc1ccc2c(c1)C(=O)NC2. The topological polar surface area (TPSA) is 46.2 Å². The average molecular weight is 187 g/mol. The van der Waals surface area contributed by atoms with Crippen LogP contribution in [-0.2, 0) is 11.3 Å². The maximum atomic E-state index is 11.3. The van der Waals surface area contributed by atoms with Gasteiger partial charge in [0.2, 0.25) is 0 Å². The summed E-state index contributed by atoms with van der Waals surface area (Å²) in [7, 11) is 0. The predicted molar refractivity (Wildman–Crippen MR) is 52.7 cm³/mol. The molecule has 0 atom stereocenters. The Bertz CT molecular complexity index is 421. The van der Waals surface area contributed by atoms with Crippen molar-refractivity contribution in [3.8, 4) is 0 Å². The minimum Gasteiger partial charge on any atom is -0.348 e. The van der Waals surface area contributed by atoms with Crippen LogP contribution in [0.3, 0.4) is 0 Å². The van der Waals surface area contributed by atoms with Gasteiger partial charge in [0.05, 0.1) is 0 Å². The van der Waals surface area contributed by atoms with Crippen LogP contribution in [0.1, 0.15) is 21.5 Å². The van der Waals surface area contributed by atoms with Gasteiger partial charge in [-0.25, -0.2) is 0 Å². The average Bonchev–Trinajstić information content (AvgIpc) is 2.57. The maximum Gasteiger partial charge on any atom is 0.251 e. The molecule has 3 nitrogen and oxygen atoms in total. The van der Waals surface area contributed by atoms with Crippen molar-refractivity contribution >= 4 is 18.3 Å². The van der Waals surface area contributed by atoms with Gasteiger partial charge in [0, 0.05) is 12.1 Å². The van der Waals surface area contributed by atoms with E-state index in [-0.39, 0.29) is 5.91 Å². The molecule has 0 saturated heterocycles. The zero-order valence-electron chi connectivity index (χ0n) is 7.49. The van der Waals surface area contributed by atoms with Crippen LogP contribution in [-0.4, -0.2) is 12.2 Å². The van der Waals surface area contributed by atoms with E-state index in [0.717, 1.165) is 11.1 Å². The van der Waals surface area contributed by atoms with Crippen LogP contribution < -0.4 is 5.32 Å². The highest BCUT2D eigenvalue weighted by molar-refractivity contribution is 5.98. The first kappa shape index (κ1) is 8.69. The predicted octanol–water partition coefficient (Wildman–Crippen LogP) is 1.14. The Morgan fingerprint density at radius 1 is 1.36 bits per heavy atom. The molecule has 1 heterocycles. The second-order valence-corrected chi connectivity index (χ2v) is 3.09. The van der Waals surface area contributed by atoms with Crippen molar-refractivity contribution in [1.29, 1.82) is 0 Å². The molecule has 0 radical (unpaired) electrons. The summed E-state index contributed by atoms with van der Waals surface area (Å²) < 4.78 is 0. The van der Waals surface area contributed by atoms with Gasteiger partial charge in [-0.3, -0.25) is 9.59 Å². The van der Waals surface area contributed by atoms with Crippen molar-refractivity contribution in [2.24, 2.45) is 0 Å². The Labute approximate surface area is 81.4 Å². The number of hydrogen-bond acceptors (Lipinski definition) is 2. The van der Waals surface area contributed by atoms with Crippen molar-refractivity contribution in [3.63, 3.8) is 0 Å². The highest BCUT2D eigenvalue weighted by Crippen LogP contribution is 2.17. The van der Waals surface area contributed by atoms with Crippen LogP contribution in [0.25, 0.3) is 6.08 Å². The number of benzene rings is 1. The van der Waals surface area contributed by atoms with Gasteiger partial charge in [-0.05, 0) is 23.3 Å². The number of allylic oxidation sites excluding steroid dienone is 1. The molecule has 1 N–H and O–H groups in total. The first-order chi connectivity index (χ1) is 6.81. The molecule has 1 aromatic rings. The lowest BCUT2D eigenvalue weighted by Gasteiger charge is -1.96. The Morgan fingerprint density at radius 3 is 3.00 bits per heavy atom. The standard InChI is InChI=1S/C11H9NO2/c13-5-1-2-8-3-4-9-7-12-11(14)10(9)6-8/h1-6H,7H2,(H,12,14). The molecule has 3 heteroatoms. The zero-order valence-corrected chi connectivity index (χ0v) is 7.49. The van der Waals surface area contributed by atoms with Gasteiger partial charge < -0.3 is 5.32 Å². The molecule has 1 amide bonds. The second kappa shape index (κ2) is 3.46. The zero-order chi connectivity index (χ0) is 9.97. The summed E-state index contributed by atoms with van der Waals surface area (Å²) in [6.45, 7) is 0.603. The van der Waals surface area contributed by atoms with Crippen LogP contribution >= 0.6 is 0 Å². The van der Waals surface area contributed by atoms with Crippen LogP contribution in [0.2, 0.25) is 0 Å². The molecule has 0 fully saturated rings. The lowest BCUT2D eigenvalue weighted by Crippen LogP contribution is -2.12. The summed E-state index contributed by atoms with van der Waals surface area (Å²) >= 11 is 0. The van der Waals surface area contributed by atoms with E-state index in [2.05, 4.69) is 5.32 Å². The second-order valence-electron chi connectivity index (χ2n) is 3.09. The Morgan fingerprint density at radius 2 is 2.21 bits per heavy atom. The number of fused-ring (bicyclic) bond motifs is 1. The molecular formula is C11H9NO2. The van der Waals surface area contributed by atoms with Crippen LogP contribution in [0, 0.1) is 0 Å². The summed E-state index contributed by atoms with van der Waals surface area (Å²) in [5, 5.41) is 2.74. The van der Waals surface area contributed by atoms with Crippen LogP contribution in [0.5, 0.6) is 0 Å². The first-order valence-electron chi connectivity index (χ1n) is 4.34. The van der Waals surface area contributed by atoms with Crippen molar-refractivity contribution in [2.45, 2.75) is 6.54 Å². The fraction of sp³-hybridized carbons (Fsp3) is 0.0909. The molecule has 1 aromatic carbocycles. The summed E-state index contributed by atoms with van der Waals surface area (Å²) in [6, 6.07) is 5.58. The monoisotopic (exact) mass is 187 g/mol. The Kier molecular flexibility index (Phi) is 2.14. The lowest BCUT2D eigenvalue weighted by molar-refractivity contribution is -0.104. The van der Waals surface area contributed by atoms with Gasteiger partial charge in [0.1, 0.15) is 6.29 Å². The normalized spacial score (nSPS) is 14.1. The Balaban J connectivity index is 2.39. The van der Waals surface area contributed by atoms with E-state index in [1.54, 1.807) is 12.1 Å². The molecule has 14 heavy (non-hydrogen) atoms. The highest BCUT2D eigenvalue weighted by atomic mass is 16.1. The van der Waals surface area contributed by atoms with Gasteiger partial charge in [0.15, 0.2) is 0 Å². The molecular weight excluding hydrogens is 178 g/mol. The molecule has 0 spiro atoms. The molecule has 70 valence electrons. The van der Waals surface area contributed by atoms with Gasteiger partial charge in [-0.15, -0.1) is 0 Å². The van der Waals surface area contributed by atoms with Crippen LogP contribution in [0.4, 0.5) is 0 Å². The minimum absolute atomic E-state index is 0.0404. The van der Waals surface area contributed by atoms with E-state index in [1.165, 1.54) is 6.08 Å². The fourth-order valence-electron chi connectivity index (χ4n) is 1.48. The molecule has 1 aliphatic rings. The van der Waals surface area contributed by atoms with E-state index in [1.807, 2.05) is 12.1 Å². The quantitative estimate of drug-likeness (QED) is 0.557. The van der Waals surface area contributed by atoms with Gasteiger partial charge in [0.25, 0.3) is 5.91 Å². The third kappa shape index (κ3) is 1.44. The number of hydrogen-bond donors (Lipinski definition) is 1. The summed E-state index contributed by atoms with van der Waals surface area (Å²) in [4.78, 5) is 21.4. The summed E-state index contributed by atoms with van der Waals surface area (Å²) in [5.41, 5.74) is 2.59. The van der Waals surface area contributed by atoms with Gasteiger partial charge in [-0.1, -0.05) is 18.2 Å². The smallest absolute Gasteiger partial charge is 0.251 e. The van der Waals surface area contributed by atoms with E-state index >= 15 is 0 Å². The number of carbonyl (C=O) groups excluding carboxylic acids is 2. The highest BCUT2D eigenvalue weighted by Gasteiger charge is 2.17. The molecule has 0 aliphatic carbocycles. The van der Waals surface area contributed by atoms with Gasteiger partial charge >= 0.3 is 0 Å². The molecule has 1 aliphatic heterocycles. The number of rotatable bonds is 2. The van der Waals surface area contributed by atoms with Crippen molar-refractivity contribution < 1.29 is 9.59 Å². The number of carbonyl (C=O) groups is 2. The molecule has 0 saturated carbocycles. The first-order valence-corrected chi connectivity index (χ1v) is 4.34.